The van der Waals surface area contributed by atoms with Gasteiger partial charge in [0.05, 0.1) is 29.0 Å². The van der Waals surface area contributed by atoms with Crippen LogP contribution in [0.25, 0.3) is 131 Å². The molecule has 0 N–H and O–H groups in total. The first kappa shape index (κ1) is 36.7. The first-order valence-corrected chi connectivity index (χ1v) is 21.9. The van der Waals surface area contributed by atoms with Crippen molar-refractivity contribution >= 4 is 70.6 Å². The van der Waals surface area contributed by atoms with Crippen molar-refractivity contribution in [1.29, 1.82) is 0 Å². The molecule has 0 radical (unpaired) electrons. The zero-order valence-electron chi connectivity index (χ0n) is 35.1. The minimum Gasteiger partial charge on any atom is -0.309 e. The number of hydrogen-bond donors (Lipinski definition) is 0. The third kappa shape index (κ3) is 5.63. The summed E-state index contributed by atoms with van der Waals surface area (Å²) in [7, 11) is 0. The van der Waals surface area contributed by atoms with Crippen LogP contribution in [0.2, 0.25) is 0 Å². The molecule has 300 valence electrons. The number of hydrogen-bond acceptors (Lipinski definition) is 2. The van der Waals surface area contributed by atoms with E-state index in [0.29, 0.717) is 5.69 Å². The van der Waals surface area contributed by atoms with Crippen molar-refractivity contribution in [2.75, 3.05) is 0 Å². The number of benzene rings is 10. The van der Waals surface area contributed by atoms with Crippen LogP contribution in [0.5, 0.6) is 0 Å². The molecule has 10 aromatic carbocycles. The zero-order valence-corrected chi connectivity index (χ0v) is 35.1. The molecule has 0 aliphatic carbocycles. The minimum absolute atomic E-state index is 0.671. The molecule has 0 saturated heterocycles. The third-order valence-electron chi connectivity index (χ3n) is 13.3. The summed E-state index contributed by atoms with van der Waals surface area (Å²) in [6, 6.07) is 73.8. The van der Waals surface area contributed by atoms with Crippen LogP contribution in [0.4, 0.5) is 5.69 Å². The van der Waals surface area contributed by atoms with Gasteiger partial charge in [0.25, 0.3) is 0 Å². The van der Waals surface area contributed by atoms with Crippen molar-refractivity contribution in [2.24, 2.45) is 0 Å². The van der Waals surface area contributed by atoms with Crippen molar-refractivity contribution < 1.29 is 0 Å². The second kappa shape index (κ2) is 14.6. The van der Waals surface area contributed by atoms with Crippen LogP contribution in [0.3, 0.4) is 0 Å². The lowest BCUT2D eigenvalue weighted by Gasteiger charge is -2.21. The second-order valence-electron chi connectivity index (χ2n) is 16.7. The Morgan fingerprint density at radius 3 is 1.37 bits per heavy atom. The van der Waals surface area contributed by atoms with E-state index in [4.69, 9.17) is 16.5 Å². The number of para-hydroxylation sites is 1. The number of nitrogens with zero attached hydrogens (tertiary/aromatic N) is 4. The fourth-order valence-electron chi connectivity index (χ4n) is 10.5. The molecule has 0 atom stereocenters. The Morgan fingerprint density at radius 2 is 0.800 bits per heavy atom. The molecule has 3 aromatic heterocycles. The van der Waals surface area contributed by atoms with Crippen LogP contribution in [0, 0.1) is 6.57 Å². The van der Waals surface area contributed by atoms with E-state index in [9.17, 15) is 0 Å². The third-order valence-corrected chi connectivity index (χ3v) is 13.3. The molecule has 65 heavy (non-hydrogen) atoms. The molecule has 0 aliphatic heterocycles. The topological polar surface area (TPSA) is 35.1 Å². The molecule has 0 bridgehead atoms. The maximum absolute atomic E-state index is 8.08. The Morgan fingerprint density at radius 1 is 0.354 bits per heavy atom. The van der Waals surface area contributed by atoms with Crippen molar-refractivity contribution in [1.82, 2.24) is 14.5 Å². The molecule has 4 heteroatoms. The maximum atomic E-state index is 8.08. The Balaban J connectivity index is 1.06. The average Bonchev–Trinajstić information content (AvgIpc) is 3.73. The summed E-state index contributed by atoms with van der Waals surface area (Å²) in [6.45, 7) is 8.08. The lowest BCUT2D eigenvalue weighted by Crippen LogP contribution is -1.94. The highest BCUT2D eigenvalue weighted by Crippen LogP contribution is 2.50. The average molecular weight is 825 g/mol. The fraction of sp³-hybridized carbons (Fsp3) is 0. The SMILES string of the molecule is [C-]#[N+]c1ccc2c3c1ccc1c(-c4c5ccccc5c(-c5ccc(-c6cc(-c7ccccn7)cc(-c7ccccn7)c6)c6ccccc56)c5ccccc45)ccc(c13)n2-c1ccccc1. The van der Waals surface area contributed by atoms with Gasteiger partial charge in [-0.1, -0.05) is 140 Å². The monoisotopic (exact) mass is 824 g/mol. The molecule has 0 spiro atoms. The number of aromatic nitrogens is 3. The van der Waals surface area contributed by atoms with E-state index in [2.05, 4.69) is 185 Å². The van der Waals surface area contributed by atoms with Gasteiger partial charge < -0.3 is 4.57 Å². The molecule has 0 aliphatic rings. The summed E-state index contributed by atoms with van der Waals surface area (Å²) in [5.74, 6) is 0. The molecule has 0 saturated carbocycles. The number of fused-ring (bicyclic) bond motifs is 3. The van der Waals surface area contributed by atoms with Crippen LogP contribution in [0.15, 0.2) is 219 Å². The van der Waals surface area contributed by atoms with Gasteiger partial charge in [-0.25, -0.2) is 4.85 Å². The Kier molecular flexibility index (Phi) is 8.24. The quantitative estimate of drug-likeness (QED) is 0.0951. The van der Waals surface area contributed by atoms with Gasteiger partial charge in [0.15, 0.2) is 5.69 Å². The van der Waals surface area contributed by atoms with Gasteiger partial charge in [-0.3, -0.25) is 9.97 Å². The summed E-state index contributed by atoms with van der Waals surface area (Å²) in [6.07, 6.45) is 3.70. The van der Waals surface area contributed by atoms with E-state index in [1.165, 1.54) is 65.3 Å². The molecule has 0 unspecified atom stereocenters. The predicted molar refractivity (Wildman–Crippen MR) is 271 cm³/mol. The lowest BCUT2D eigenvalue weighted by atomic mass is 9.82. The van der Waals surface area contributed by atoms with Crippen LogP contribution >= 0.6 is 0 Å². The molecule has 3 heterocycles. The highest BCUT2D eigenvalue weighted by atomic mass is 15.0. The van der Waals surface area contributed by atoms with Gasteiger partial charge in [0.1, 0.15) is 0 Å². The van der Waals surface area contributed by atoms with Crippen LogP contribution < -0.4 is 0 Å². The van der Waals surface area contributed by atoms with Crippen LogP contribution in [0.1, 0.15) is 0 Å². The summed E-state index contributed by atoms with van der Waals surface area (Å²) >= 11 is 0. The van der Waals surface area contributed by atoms with Crippen LogP contribution in [-0.4, -0.2) is 14.5 Å². The van der Waals surface area contributed by atoms with E-state index >= 15 is 0 Å². The van der Waals surface area contributed by atoms with Gasteiger partial charge in [0.2, 0.25) is 0 Å². The van der Waals surface area contributed by atoms with Crippen molar-refractivity contribution in [3.63, 3.8) is 0 Å². The van der Waals surface area contributed by atoms with Gasteiger partial charge in [-0.05, 0) is 143 Å². The van der Waals surface area contributed by atoms with Gasteiger partial charge in [-0.15, -0.1) is 0 Å². The van der Waals surface area contributed by atoms with E-state index in [0.717, 1.165) is 61.1 Å². The smallest absolute Gasteiger partial charge is 0.195 e. The molecule has 0 amide bonds. The summed E-state index contributed by atoms with van der Waals surface area (Å²) in [5, 5.41) is 11.6. The number of rotatable bonds is 6. The summed E-state index contributed by atoms with van der Waals surface area (Å²) < 4.78 is 2.35. The van der Waals surface area contributed by atoms with Gasteiger partial charge >= 0.3 is 0 Å². The van der Waals surface area contributed by atoms with Gasteiger partial charge in [0, 0.05) is 40.0 Å². The highest BCUT2D eigenvalue weighted by Gasteiger charge is 2.24. The molecule has 13 rings (SSSR count). The molecular weight excluding hydrogens is 789 g/mol. The van der Waals surface area contributed by atoms with E-state index in [1.54, 1.807) is 0 Å². The van der Waals surface area contributed by atoms with Crippen molar-refractivity contribution in [3.8, 4) is 61.6 Å². The molecule has 0 fully saturated rings. The van der Waals surface area contributed by atoms with E-state index in [-0.39, 0.29) is 0 Å². The largest absolute Gasteiger partial charge is 0.309 e. The first-order valence-electron chi connectivity index (χ1n) is 21.9. The highest BCUT2D eigenvalue weighted by molar-refractivity contribution is 6.32. The molecular formula is C61H36N4. The Labute approximate surface area is 375 Å². The van der Waals surface area contributed by atoms with Gasteiger partial charge in [-0.2, -0.15) is 0 Å². The van der Waals surface area contributed by atoms with E-state index < -0.39 is 0 Å². The zero-order chi connectivity index (χ0) is 43.0. The Hall–Kier alpha value is -8.91. The first-order chi connectivity index (χ1) is 32.2. The van der Waals surface area contributed by atoms with E-state index in [1.807, 2.05) is 42.7 Å². The number of pyridine rings is 2. The Bertz CT molecular complexity index is 3940. The predicted octanol–water partition coefficient (Wildman–Crippen LogP) is 16.5. The summed E-state index contributed by atoms with van der Waals surface area (Å²) in [5.41, 5.74) is 15.0. The minimum atomic E-state index is 0.671. The maximum Gasteiger partial charge on any atom is 0.195 e. The standard InChI is InChI=1S/C61H36N4/c1-62-55-30-32-57-61-52(55)28-27-51-50(29-31-56(60(51)61)65(57)41-15-3-2-4-16-41)59-47-21-9-7-19-45(47)58(46-20-8-10-22-48(46)59)49-26-25-42(43-17-5-6-18-44(43)49)38-35-39(53-23-11-13-33-63-53)37-40(36-38)54-24-12-14-34-64-54/h2-37H. The van der Waals surface area contributed by atoms with Crippen molar-refractivity contribution in [2.45, 2.75) is 0 Å². The molecule has 4 nitrogen and oxygen atoms in total. The lowest BCUT2D eigenvalue weighted by molar-refractivity contribution is 1.18. The molecule has 13 aromatic rings. The fourth-order valence-corrected chi connectivity index (χ4v) is 10.5. The van der Waals surface area contributed by atoms with Crippen LogP contribution in [-0.2, 0) is 0 Å². The van der Waals surface area contributed by atoms with Crippen molar-refractivity contribution in [3.05, 3.63) is 230 Å². The normalized spacial score (nSPS) is 11.7. The summed E-state index contributed by atoms with van der Waals surface area (Å²) in [4.78, 5) is 13.5. The second-order valence-corrected chi connectivity index (χ2v) is 16.7.